The summed E-state index contributed by atoms with van der Waals surface area (Å²) in [4.78, 5) is 38.3. The van der Waals surface area contributed by atoms with Crippen LogP contribution in [0.5, 0.6) is 0 Å². The Bertz CT molecular complexity index is 1530. The number of esters is 3. The van der Waals surface area contributed by atoms with E-state index in [1.807, 2.05) is 0 Å². The van der Waals surface area contributed by atoms with Crippen LogP contribution in [0.15, 0.2) is 85.1 Å². The maximum absolute atomic E-state index is 12.9. The lowest BCUT2D eigenvalue weighted by atomic mass is 10.0. The van der Waals surface area contributed by atoms with Gasteiger partial charge in [0.05, 0.1) is 0 Å². The van der Waals surface area contributed by atoms with Gasteiger partial charge in [-0.05, 0) is 89.9 Å². The standard InChI is InChI=1S/C75H132O6/c1-4-7-10-13-16-19-22-25-27-28-29-30-31-32-33-34-35-36-37-38-39-40-41-42-43-44-45-46-48-50-53-56-59-62-65-68-74(77)80-71-72(70-79-73(76)67-64-61-58-55-52-49-24-21-18-15-12-9-6-3)81-75(78)69-66-63-60-57-54-51-47-26-23-20-17-14-11-8-5-2/h7-8,10-11,16-17,19-20,25-27,29-30,47,72H,4-6,9,12-15,18,21-24,28,31-46,48-71H2,1-3H3/b10-7-,11-8-,19-16-,20-17-,27-25-,30-29-,47-26-. The fourth-order valence-electron chi connectivity index (χ4n) is 10.2. The van der Waals surface area contributed by atoms with Crippen molar-refractivity contribution >= 4 is 17.9 Å². The number of carbonyl (C=O) groups is 3. The van der Waals surface area contributed by atoms with Crippen LogP contribution in [0.1, 0.15) is 355 Å². The van der Waals surface area contributed by atoms with Crippen molar-refractivity contribution in [3.8, 4) is 0 Å². The molecule has 0 aromatic heterocycles. The molecule has 0 aromatic carbocycles. The normalized spacial score (nSPS) is 12.6. The molecule has 468 valence electrons. The molecule has 0 N–H and O–H groups in total. The number of rotatable bonds is 64. The molecule has 1 unspecified atom stereocenters. The Balaban J connectivity index is 4.08. The molecule has 0 aliphatic heterocycles. The molecule has 81 heavy (non-hydrogen) atoms. The van der Waals surface area contributed by atoms with E-state index in [1.54, 1.807) is 0 Å². The van der Waals surface area contributed by atoms with E-state index in [4.69, 9.17) is 14.2 Å². The van der Waals surface area contributed by atoms with Crippen molar-refractivity contribution in [2.75, 3.05) is 13.2 Å². The van der Waals surface area contributed by atoms with Gasteiger partial charge in [-0.3, -0.25) is 14.4 Å². The number of ether oxygens (including phenoxy) is 3. The van der Waals surface area contributed by atoms with E-state index in [-0.39, 0.29) is 31.1 Å². The van der Waals surface area contributed by atoms with Crippen LogP contribution < -0.4 is 0 Å². The van der Waals surface area contributed by atoms with Gasteiger partial charge < -0.3 is 14.2 Å². The number of unbranched alkanes of at least 4 members (excludes halogenated alkanes) is 39. The Hall–Kier alpha value is -3.41. The molecular weight excluding hydrogens is 997 g/mol. The Morgan fingerprint density at radius 1 is 0.259 bits per heavy atom. The SMILES string of the molecule is CC/C=C\C/C=C\C/C=C\C/C=C\CCCCCCCCCCCCCCCCCCCCCCCCC(=O)OCC(COC(=O)CCCCCCCCCCCCCCC)OC(=O)CCCCCCC/C=C\C/C=C\C/C=C\CC. The zero-order valence-corrected chi connectivity index (χ0v) is 53.8. The Kier molecular flexibility index (Phi) is 66.2. The predicted octanol–water partition coefficient (Wildman–Crippen LogP) is 24.2. The Labute approximate surface area is 503 Å². The third-order valence-corrected chi connectivity index (χ3v) is 15.4. The van der Waals surface area contributed by atoms with E-state index in [0.29, 0.717) is 19.3 Å². The average Bonchev–Trinajstić information content (AvgIpc) is 3.46. The fraction of sp³-hybridized carbons (Fsp3) is 0.773. The summed E-state index contributed by atoms with van der Waals surface area (Å²) in [5.74, 6) is -0.875. The lowest BCUT2D eigenvalue weighted by molar-refractivity contribution is -0.167. The predicted molar refractivity (Wildman–Crippen MR) is 353 cm³/mol. The molecule has 6 nitrogen and oxygen atoms in total. The third-order valence-electron chi connectivity index (χ3n) is 15.4. The molecule has 0 saturated carbocycles. The third kappa shape index (κ3) is 67.3. The molecule has 0 bridgehead atoms. The lowest BCUT2D eigenvalue weighted by Crippen LogP contribution is -2.30. The monoisotopic (exact) mass is 1130 g/mol. The lowest BCUT2D eigenvalue weighted by Gasteiger charge is -2.18. The summed E-state index contributed by atoms with van der Waals surface area (Å²) in [6.45, 7) is 6.44. The molecule has 0 rings (SSSR count). The Morgan fingerprint density at radius 3 is 0.753 bits per heavy atom. The quantitative estimate of drug-likeness (QED) is 0.0261. The molecule has 0 aliphatic carbocycles. The topological polar surface area (TPSA) is 78.9 Å². The summed E-state index contributed by atoms with van der Waals surface area (Å²) in [6.07, 6.45) is 92.0. The molecule has 0 saturated heterocycles. The molecule has 0 heterocycles. The van der Waals surface area contributed by atoms with Crippen molar-refractivity contribution < 1.29 is 28.6 Å². The minimum atomic E-state index is -0.782. The van der Waals surface area contributed by atoms with Gasteiger partial charge in [0.25, 0.3) is 0 Å². The van der Waals surface area contributed by atoms with E-state index in [0.717, 1.165) is 122 Å². The van der Waals surface area contributed by atoms with Crippen LogP contribution in [-0.2, 0) is 28.6 Å². The minimum Gasteiger partial charge on any atom is -0.462 e. The molecule has 0 radical (unpaired) electrons. The number of carbonyl (C=O) groups excluding carboxylic acids is 3. The van der Waals surface area contributed by atoms with Gasteiger partial charge in [-0.25, -0.2) is 0 Å². The van der Waals surface area contributed by atoms with E-state index < -0.39 is 6.10 Å². The van der Waals surface area contributed by atoms with Crippen LogP contribution in [0.25, 0.3) is 0 Å². The summed E-state index contributed by atoms with van der Waals surface area (Å²) in [5.41, 5.74) is 0. The van der Waals surface area contributed by atoms with Crippen LogP contribution in [0, 0.1) is 0 Å². The highest BCUT2D eigenvalue weighted by Crippen LogP contribution is 2.18. The molecular formula is C75H132O6. The van der Waals surface area contributed by atoms with E-state index in [1.165, 1.54) is 193 Å². The smallest absolute Gasteiger partial charge is 0.306 e. The van der Waals surface area contributed by atoms with E-state index in [2.05, 4.69) is 106 Å². The molecule has 0 fully saturated rings. The van der Waals surface area contributed by atoms with Gasteiger partial charge in [0.1, 0.15) is 13.2 Å². The van der Waals surface area contributed by atoms with Crippen LogP contribution in [0.3, 0.4) is 0 Å². The molecule has 0 amide bonds. The van der Waals surface area contributed by atoms with Crippen LogP contribution in [0.2, 0.25) is 0 Å². The van der Waals surface area contributed by atoms with Crippen LogP contribution in [0.4, 0.5) is 0 Å². The fourth-order valence-corrected chi connectivity index (χ4v) is 10.2. The molecule has 0 spiro atoms. The van der Waals surface area contributed by atoms with Crippen molar-refractivity contribution in [2.24, 2.45) is 0 Å². The first-order valence-corrected chi connectivity index (χ1v) is 35.1. The molecule has 0 aliphatic rings. The zero-order chi connectivity index (χ0) is 58.5. The van der Waals surface area contributed by atoms with Gasteiger partial charge in [-0.1, -0.05) is 331 Å². The van der Waals surface area contributed by atoms with Crippen molar-refractivity contribution in [1.82, 2.24) is 0 Å². The van der Waals surface area contributed by atoms with Gasteiger partial charge >= 0.3 is 17.9 Å². The van der Waals surface area contributed by atoms with Crippen molar-refractivity contribution in [2.45, 2.75) is 361 Å². The van der Waals surface area contributed by atoms with Crippen LogP contribution >= 0.6 is 0 Å². The summed E-state index contributed by atoms with van der Waals surface area (Å²) in [7, 11) is 0. The summed E-state index contributed by atoms with van der Waals surface area (Å²) < 4.78 is 16.9. The molecule has 0 aromatic rings. The van der Waals surface area contributed by atoms with Gasteiger partial charge in [-0.15, -0.1) is 0 Å². The van der Waals surface area contributed by atoms with Gasteiger partial charge in [0.15, 0.2) is 6.10 Å². The summed E-state index contributed by atoms with van der Waals surface area (Å²) >= 11 is 0. The largest absolute Gasteiger partial charge is 0.462 e. The second kappa shape index (κ2) is 69.1. The van der Waals surface area contributed by atoms with Crippen molar-refractivity contribution in [1.29, 1.82) is 0 Å². The second-order valence-corrected chi connectivity index (χ2v) is 23.4. The Morgan fingerprint density at radius 2 is 0.481 bits per heavy atom. The van der Waals surface area contributed by atoms with Crippen LogP contribution in [-0.4, -0.2) is 37.2 Å². The van der Waals surface area contributed by atoms with E-state index >= 15 is 0 Å². The average molecular weight is 1130 g/mol. The first kappa shape index (κ1) is 77.6. The first-order valence-electron chi connectivity index (χ1n) is 35.1. The highest BCUT2D eigenvalue weighted by Gasteiger charge is 2.19. The summed E-state index contributed by atoms with van der Waals surface area (Å²) in [5, 5.41) is 0. The number of allylic oxidation sites excluding steroid dienone is 14. The first-order chi connectivity index (χ1) is 40.0. The van der Waals surface area contributed by atoms with E-state index in [9.17, 15) is 14.4 Å². The van der Waals surface area contributed by atoms with Crippen molar-refractivity contribution in [3.05, 3.63) is 85.1 Å². The maximum atomic E-state index is 12.9. The van der Waals surface area contributed by atoms with Crippen molar-refractivity contribution in [3.63, 3.8) is 0 Å². The molecule has 6 heteroatoms. The number of hydrogen-bond acceptors (Lipinski definition) is 6. The van der Waals surface area contributed by atoms with Gasteiger partial charge in [-0.2, -0.15) is 0 Å². The molecule has 1 atom stereocenters. The maximum Gasteiger partial charge on any atom is 0.306 e. The minimum absolute atomic E-state index is 0.0775. The second-order valence-electron chi connectivity index (χ2n) is 23.4. The highest BCUT2D eigenvalue weighted by atomic mass is 16.6. The van der Waals surface area contributed by atoms with Gasteiger partial charge in [0.2, 0.25) is 0 Å². The van der Waals surface area contributed by atoms with Gasteiger partial charge in [0, 0.05) is 19.3 Å². The highest BCUT2D eigenvalue weighted by molar-refractivity contribution is 5.71. The summed E-state index contributed by atoms with van der Waals surface area (Å²) in [6, 6.07) is 0. The number of hydrogen-bond donors (Lipinski definition) is 0. The zero-order valence-electron chi connectivity index (χ0n) is 53.8.